The van der Waals surface area contributed by atoms with E-state index in [1.54, 1.807) is 37.3 Å². The molecule has 208 valence electrons. The molecule has 1 atom stereocenters. The van der Waals surface area contributed by atoms with Crippen molar-refractivity contribution >= 4 is 27.5 Å². The van der Waals surface area contributed by atoms with Gasteiger partial charge in [-0.15, -0.1) is 0 Å². The molecular weight excluding hydrogens is 518 g/mol. The van der Waals surface area contributed by atoms with Crippen LogP contribution in [0.2, 0.25) is 0 Å². The van der Waals surface area contributed by atoms with Crippen molar-refractivity contribution in [2.45, 2.75) is 37.8 Å². The predicted octanol–water partition coefficient (Wildman–Crippen LogP) is 3.84. The van der Waals surface area contributed by atoms with Crippen molar-refractivity contribution in [3.63, 3.8) is 0 Å². The molecule has 0 fully saturated rings. The number of nitrogens with zero attached hydrogens (tertiary/aromatic N) is 2. The number of hydrogen-bond donors (Lipinski definition) is 1. The summed E-state index contributed by atoms with van der Waals surface area (Å²) >= 11 is 0. The Morgan fingerprint density at radius 2 is 1.49 bits per heavy atom. The summed E-state index contributed by atoms with van der Waals surface area (Å²) in [7, 11) is -1.35. The molecule has 0 aliphatic heterocycles. The highest BCUT2D eigenvalue weighted by molar-refractivity contribution is 7.92. The Labute approximate surface area is 230 Å². The lowest BCUT2D eigenvalue weighted by molar-refractivity contribution is -0.140. The van der Waals surface area contributed by atoms with E-state index in [-0.39, 0.29) is 23.1 Å². The van der Waals surface area contributed by atoms with E-state index in [4.69, 9.17) is 9.47 Å². The van der Waals surface area contributed by atoms with Crippen molar-refractivity contribution in [3.8, 4) is 11.5 Å². The summed E-state index contributed by atoms with van der Waals surface area (Å²) in [5.41, 5.74) is 1.13. The van der Waals surface area contributed by atoms with Gasteiger partial charge in [0.1, 0.15) is 12.6 Å². The zero-order valence-corrected chi connectivity index (χ0v) is 23.5. The molecule has 0 bridgehead atoms. The van der Waals surface area contributed by atoms with Gasteiger partial charge in [0.25, 0.3) is 10.0 Å². The maximum Gasteiger partial charge on any atom is 0.264 e. The summed E-state index contributed by atoms with van der Waals surface area (Å²) in [5.74, 6) is -0.186. The van der Waals surface area contributed by atoms with Gasteiger partial charge in [0.15, 0.2) is 11.5 Å². The second-order valence-corrected chi connectivity index (χ2v) is 10.6. The van der Waals surface area contributed by atoms with E-state index in [2.05, 4.69) is 5.32 Å². The van der Waals surface area contributed by atoms with Gasteiger partial charge in [0, 0.05) is 19.2 Å². The van der Waals surface area contributed by atoms with Crippen LogP contribution in [0.4, 0.5) is 5.69 Å². The Balaban J connectivity index is 2.06. The number of carbonyl (C=O) groups is 2. The van der Waals surface area contributed by atoms with Gasteiger partial charge in [-0.1, -0.05) is 55.5 Å². The van der Waals surface area contributed by atoms with Gasteiger partial charge in [-0.05, 0) is 43.2 Å². The number of ether oxygens (including phenoxy) is 2. The first-order chi connectivity index (χ1) is 18.8. The fourth-order valence-electron chi connectivity index (χ4n) is 4.22. The number of likely N-dealkylation sites (N-methyl/N-ethyl adjacent to an activating group) is 1. The first-order valence-electron chi connectivity index (χ1n) is 12.7. The average Bonchev–Trinajstić information content (AvgIpc) is 2.96. The largest absolute Gasteiger partial charge is 0.493 e. The van der Waals surface area contributed by atoms with Crippen LogP contribution in [-0.2, 0) is 26.2 Å². The van der Waals surface area contributed by atoms with E-state index in [9.17, 15) is 18.0 Å². The van der Waals surface area contributed by atoms with Gasteiger partial charge in [-0.2, -0.15) is 0 Å². The number of hydrogen-bond acceptors (Lipinski definition) is 6. The highest BCUT2D eigenvalue weighted by Gasteiger charge is 2.33. The molecule has 2 amide bonds. The zero-order chi connectivity index (χ0) is 28.4. The monoisotopic (exact) mass is 553 g/mol. The third kappa shape index (κ3) is 7.08. The van der Waals surface area contributed by atoms with Crippen LogP contribution >= 0.6 is 0 Å². The van der Waals surface area contributed by atoms with E-state index in [0.717, 1.165) is 9.87 Å². The zero-order valence-electron chi connectivity index (χ0n) is 22.7. The number of amides is 2. The summed E-state index contributed by atoms with van der Waals surface area (Å²) in [6.45, 7) is 3.67. The molecule has 0 unspecified atom stereocenters. The molecule has 0 saturated carbocycles. The summed E-state index contributed by atoms with van der Waals surface area (Å²) in [6.07, 6.45) is 0.359. The maximum absolute atomic E-state index is 14.0. The van der Waals surface area contributed by atoms with Crippen molar-refractivity contribution in [3.05, 3.63) is 84.4 Å². The molecule has 0 saturated heterocycles. The molecule has 39 heavy (non-hydrogen) atoms. The highest BCUT2D eigenvalue weighted by Crippen LogP contribution is 2.32. The number of para-hydroxylation sites is 1. The lowest BCUT2D eigenvalue weighted by Gasteiger charge is -2.33. The minimum Gasteiger partial charge on any atom is -0.493 e. The van der Waals surface area contributed by atoms with Crippen LogP contribution in [0.15, 0.2) is 83.8 Å². The number of carbonyl (C=O) groups excluding carboxylic acids is 2. The Morgan fingerprint density at radius 1 is 0.872 bits per heavy atom. The lowest BCUT2D eigenvalue weighted by Crippen LogP contribution is -2.52. The second-order valence-electron chi connectivity index (χ2n) is 8.69. The Kier molecular flexibility index (Phi) is 10.3. The third-order valence-electron chi connectivity index (χ3n) is 6.20. The van der Waals surface area contributed by atoms with E-state index in [1.807, 2.05) is 37.3 Å². The summed E-state index contributed by atoms with van der Waals surface area (Å²) in [5, 5.41) is 2.79. The van der Waals surface area contributed by atoms with Crippen LogP contribution in [-0.4, -0.2) is 58.5 Å². The quantitative estimate of drug-likeness (QED) is 0.345. The fraction of sp³-hybridized carbons (Fsp3) is 0.310. The second kappa shape index (κ2) is 13.7. The van der Waals surface area contributed by atoms with Crippen LogP contribution in [0.1, 0.15) is 25.8 Å². The minimum atomic E-state index is -4.23. The molecule has 9 nitrogen and oxygen atoms in total. The topological polar surface area (TPSA) is 105 Å². The summed E-state index contributed by atoms with van der Waals surface area (Å²) < 4.78 is 39.6. The fourth-order valence-corrected chi connectivity index (χ4v) is 5.65. The van der Waals surface area contributed by atoms with Gasteiger partial charge in [-0.3, -0.25) is 13.9 Å². The van der Waals surface area contributed by atoms with E-state index in [1.165, 1.54) is 37.3 Å². The number of rotatable bonds is 13. The van der Waals surface area contributed by atoms with Gasteiger partial charge in [0.2, 0.25) is 11.8 Å². The predicted molar refractivity (Wildman–Crippen MR) is 150 cm³/mol. The molecule has 10 heteroatoms. The van der Waals surface area contributed by atoms with Gasteiger partial charge in [-0.25, -0.2) is 8.42 Å². The number of anilines is 1. The first-order valence-corrected chi connectivity index (χ1v) is 14.1. The van der Waals surface area contributed by atoms with Crippen LogP contribution in [0.3, 0.4) is 0 Å². The molecular formula is C29H35N3O6S. The van der Waals surface area contributed by atoms with Gasteiger partial charge in [0.05, 0.1) is 24.8 Å². The Hall–Kier alpha value is -4.05. The lowest BCUT2D eigenvalue weighted by atomic mass is 10.1. The van der Waals surface area contributed by atoms with Gasteiger partial charge < -0.3 is 19.7 Å². The molecule has 3 aromatic carbocycles. The summed E-state index contributed by atoms with van der Waals surface area (Å²) in [6, 6.07) is 21.2. The number of nitrogens with one attached hydrogen (secondary N) is 1. The Bertz CT molecular complexity index is 1350. The molecule has 0 spiro atoms. The van der Waals surface area contributed by atoms with Crippen LogP contribution in [0.5, 0.6) is 11.5 Å². The molecule has 0 aliphatic carbocycles. The number of sulfonamides is 1. The van der Waals surface area contributed by atoms with E-state index < -0.39 is 28.5 Å². The SMILES string of the molecule is CCNC(=O)[C@H](CC)N(Cc1ccccc1)C(=O)CN(c1ccccc1)S(=O)(=O)c1ccc(OC)c(OC)c1. The normalized spacial score (nSPS) is 11.8. The molecule has 0 aliphatic rings. The molecule has 3 aromatic rings. The molecule has 3 rings (SSSR count). The smallest absolute Gasteiger partial charge is 0.264 e. The number of benzene rings is 3. The van der Waals surface area contributed by atoms with Crippen molar-refractivity contribution in [1.82, 2.24) is 10.2 Å². The van der Waals surface area contributed by atoms with Crippen LogP contribution in [0.25, 0.3) is 0 Å². The minimum absolute atomic E-state index is 0.0674. The van der Waals surface area contributed by atoms with Crippen LogP contribution < -0.4 is 19.1 Å². The number of methoxy groups -OCH3 is 2. The van der Waals surface area contributed by atoms with Crippen LogP contribution in [0, 0.1) is 0 Å². The van der Waals surface area contributed by atoms with Gasteiger partial charge >= 0.3 is 0 Å². The standard InChI is InChI=1S/C29H35N3O6S/c1-5-25(29(34)30-6-2)31(20-22-13-9-7-10-14-22)28(33)21-32(23-15-11-8-12-16-23)39(35,36)24-17-18-26(37-3)27(19-24)38-4/h7-19,25H,5-6,20-21H2,1-4H3,(H,30,34)/t25-/m0/s1. The van der Waals surface area contributed by atoms with Crippen molar-refractivity contribution in [1.29, 1.82) is 0 Å². The first kappa shape index (κ1) is 29.5. The van der Waals surface area contributed by atoms with Crippen molar-refractivity contribution in [2.24, 2.45) is 0 Å². The Morgan fingerprint density at radius 3 is 2.05 bits per heavy atom. The average molecular weight is 554 g/mol. The van der Waals surface area contributed by atoms with E-state index in [0.29, 0.717) is 24.4 Å². The van der Waals surface area contributed by atoms with E-state index >= 15 is 0 Å². The molecule has 1 N–H and O–H groups in total. The highest BCUT2D eigenvalue weighted by atomic mass is 32.2. The molecule has 0 heterocycles. The third-order valence-corrected chi connectivity index (χ3v) is 7.97. The summed E-state index contributed by atoms with van der Waals surface area (Å²) in [4.78, 5) is 28.3. The maximum atomic E-state index is 14.0. The van der Waals surface area contributed by atoms with Crippen molar-refractivity contribution in [2.75, 3.05) is 31.6 Å². The van der Waals surface area contributed by atoms with Crippen molar-refractivity contribution < 1.29 is 27.5 Å². The molecule has 0 aromatic heterocycles. The molecule has 0 radical (unpaired) electrons.